The summed E-state index contributed by atoms with van der Waals surface area (Å²) in [5, 5.41) is 0.586. The van der Waals surface area contributed by atoms with E-state index in [1.807, 2.05) is 0 Å². The van der Waals surface area contributed by atoms with Crippen LogP contribution in [0.1, 0.15) is 22.3 Å². The Hall–Kier alpha value is -0.510. The minimum Gasteiger partial charge on any atom is -0.166 e. The molecule has 1 aromatic carbocycles. The summed E-state index contributed by atoms with van der Waals surface area (Å²) in [6.45, 7) is 3.39. The van der Waals surface area contributed by atoms with Crippen molar-refractivity contribution >= 4 is 15.9 Å². The predicted molar refractivity (Wildman–Crippen MR) is 53.5 cm³/mol. The van der Waals surface area contributed by atoms with Crippen molar-refractivity contribution in [1.29, 1.82) is 0 Å². The minimum atomic E-state index is -4.25. The van der Waals surface area contributed by atoms with Crippen LogP contribution < -0.4 is 0 Å². The molecular formula is C10H10BrF3. The molecule has 0 fully saturated rings. The summed E-state index contributed by atoms with van der Waals surface area (Å²) in [6, 6.07) is 2.37. The van der Waals surface area contributed by atoms with Crippen molar-refractivity contribution in [3.63, 3.8) is 0 Å². The highest BCUT2D eigenvalue weighted by Crippen LogP contribution is 2.32. The van der Waals surface area contributed by atoms with Gasteiger partial charge in [0.1, 0.15) is 0 Å². The van der Waals surface area contributed by atoms with Crippen LogP contribution in [0.25, 0.3) is 0 Å². The van der Waals surface area contributed by atoms with E-state index in [-0.39, 0.29) is 0 Å². The third-order valence-corrected chi connectivity index (χ3v) is 2.72. The lowest BCUT2D eigenvalue weighted by Gasteiger charge is -2.12. The normalized spacial score (nSPS) is 11.9. The highest BCUT2D eigenvalue weighted by molar-refractivity contribution is 9.08. The Morgan fingerprint density at radius 2 is 1.57 bits per heavy atom. The van der Waals surface area contributed by atoms with Gasteiger partial charge in [-0.3, -0.25) is 0 Å². The van der Waals surface area contributed by atoms with Crippen molar-refractivity contribution in [2.45, 2.75) is 25.4 Å². The van der Waals surface area contributed by atoms with Crippen LogP contribution in [0.5, 0.6) is 0 Å². The Morgan fingerprint density at radius 3 is 1.86 bits per heavy atom. The smallest absolute Gasteiger partial charge is 0.166 e. The molecule has 0 spiro atoms. The molecule has 0 saturated heterocycles. The summed E-state index contributed by atoms with van der Waals surface area (Å²) in [5.74, 6) is 0. The summed E-state index contributed by atoms with van der Waals surface area (Å²) >= 11 is 3.25. The fourth-order valence-electron chi connectivity index (χ4n) is 1.37. The molecule has 0 aromatic heterocycles. The third kappa shape index (κ3) is 2.29. The lowest BCUT2D eigenvalue weighted by molar-refractivity contribution is -0.137. The largest absolute Gasteiger partial charge is 0.416 e. The SMILES string of the molecule is Cc1cc(C(F)(F)F)cc(C)c1CBr. The van der Waals surface area contributed by atoms with Crippen LogP contribution in [-0.2, 0) is 11.5 Å². The van der Waals surface area contributed by atoms with E-state index in [0.717, 1.165) is 5.56 Å². The maximum absolute atomic E-state index is 12.4. The summed E-state index contributed by atoms with van der Waals surface area (Å²) in [6.07, 6.45) is -4.25. The Bertz CT molecular complexity index is 319. The van der Waals surface area contributed by atoms with Crippen molar-refractivity contribution in [2.24, 2.45) is 0 Å². The molecule has 0 unspecified atom stereocenters. The van der Waals surface area contributed by atoms with E-state index in [4.69, 9.17) is 0 Å². The van der Waals surface area contributed by atoms with Gasteiger partial charge in [-0.25, -0.2) is 0 Å². The van der Waals surface area contributed by atoms with Gasteiger partial charge >= 0.3 is 6.18 Å². The number of aryl methyl sites for hydroxylation is 2. The van der Waals surface area contributed by atoms with Gasteiger partial charge in [0.2, 0.25) is 0 Å². The summed E-state index contributed by atoms with van der Waals surface area (Å²) in [4.78, 5) is 0. The van der Waals surface area contributed by atoms with E-state index in [1.54, 1.807) is 13.8 Å². The van der Waals surface area contributed by atoms with Gasteiger partial charge in [0, 0.05) is 5.33 Å². The van der Waals surface area contributed by atoms with Gasteiger partial charge in [0.15, 0.2) is 0 Å². The summed E-state index contributed by atoms with van der Waals surface area (Å²) in [7, 11) is 0. The zero-order chi connectivity index (χ0) is 10.9. The molecule has 0 amide bonds. The van der Waals surface area contributed by atoms with Crippen LogP contribution in [0.4, 0.5) is 13.2 Å². The first-order chi connectivity index (χ1) is 6.36. The van der Waals surface area contributed by atoms with Crippen molar-refractivity contribution in [1.82, 2.24) is 0 Å². The van der Waals surface area contributed by atoms with Gasteiger partial charge in [-0.1, -0.05) is 15.9 Å². The second-order valence-corrected chi connectivity index (χ2v) is 3.78. The standard InChI is InChI=1S/C10H10BrF3/c1-6-3-8(10(12,13)14)4-7(2)9(6)5-11/h3-4H,5H2,1-2H3. The first-order valence-corrected chi connectivity index (χ1v) is 5.21. The molecule has 1 rings (SSSR count). The number of hydrogen-bond acceptors (Lipinski definition) is 0. The Morgan fingerprint density at radius 1 is 1.14 bits per heavy atom. The molecule has 0 aliphatic carbocycles. The molecule has 1 aromatic rings. The average Bonchev–Trinajstić information content (AvgIpc) is 2.01. The van der Waals surface area contributed by atoms with E-state index in [0.29, 0.717) is 16.5 Å². The number of alkyl halides is 4. The zero-order valence-electron chi connectivity index (χ0n) is 7.87. The van der Waals surface area contributed by atoms with E-state index in [2.05, 4.69) is 15.9 Å². The van der Waals surface area contributed by atoms with E-state index >= 15 is 0 Å². The van der Waals surface area contributed by atoms with Crippen LogP contribution in [0.3, 0.4) is 0 Å². The number of hydrogen-bond donors (Lipinski definition) is 0. The van der Waals surface area contributed by atoms with E-state index in [1.165, 1.54) is 12.1 Å². The fourth-order valence-corrected chi connectivity index (χ4v) is 2.25. The summed E-state index contributed by atoms with van der Waals surface area (Å²) < 4.78 is 37.1. The maximum Gasteiger partial charge on any atom is 0.416 e. The van der Waals surface area contributed by atoms with E-state index in [9.17, 15) is 13.2 Å². The van der Waals surface area contributed by atoms with Crippen LogP contribution in [-0.4, -0.2) is 0 Å². The van der Waals surface area contributed by atoms with Gasteiger partial charge in [-0.2, -0.15) is 13.2 Å². The molecule has 0 atom stereocenters. The first kappa shape index (κ1) is 11.6. The molecule has 14 heavy (non-hydrogen) atoms. The number of benzene rings is 1. The highest BCUT2D eigenvalue weighted by atomic mass is 79.9. The second kappa shape index (κ2) is 3.93. The third-order valence-electron chi connectivity index (χ3n) is 2.16. The maximum atomic E-state index is 12.4. The number of halogens is 4. The Kier molecular flexibility index (Phi) is 3.24. The van der Waals surface area contributed by atoms with Crippen LogP contribution in [0, 0.1) is 13.8 Å². The lowest BCUT2D eigenvalue weighted by atomic mass is 10.0. The minimum absolute atomic E-state index is 0.572. The topological polar surface area (TPSA) is 0 Å². The van der Waals surface area contributed by atoms with Crippen molar-refractivity contribution in [2.75, 3.05) is 0 Å². The van der Waals surface area contributed by atoms with Gasteiger partial charge in [-0.05, 0) is 42.7 Å². The van der Waals surface area contributed by atoms with Crippen LogP contribution >= 0.6 is 15.9 Å². The lowest BCUT2D eigenvalue weighted by Crippen LogP contribution is -2.07. The molecule has 0 aliphatic heterocycles. The molecule has 0 bridgehead atoms. The van der Waals surface area contributed by atoms with Gasteiger partial charge in [0.05, 0.1) is 5.56 Å². The molecule has 78 valence electrons. The fraction of sp³-hybridized carbons (Fsp3) is 0.400. The molecule has 0 saturated carbocycles. The molecule has 0 heterocycles. The average molecular weight is 267 g/mol. The second-order valence-electron chi connectivity index (χ2n) is 3.22. The van der Waals surface area contributed by atoms with Crippen molar-refractivity contribution in [3.05, 3.63) is 34.4 Å². The first-order valence-electron chi connectivity index (χ1n) is 4.09. The predicted octanol–water partition coefficient (Wildman–Crippen LogP) is 4.22. The van der Waals surface area contributed by atoms with E-state index < -0.39 is 11.7 Å². The van der Waals surface area contributed by atoms with Crippen molar-refractivity contribution in [3.8, 4) is 0 Å². The quantitative estimate of drug-likeness (QED) is 0.668. The molecule has 0 N–H and O–H groups in total. The molecule has 4 heteroatoms. The molecule has 0 radical (unpaired) electrons. The van der Waals surface area contributed by atoms with Gasteiger partial charge in [0.25, 0.3) is 0 Å². The van der Waals surface area contributed by atoms with Crippen LogP contribution in [0.2, 0.25) is 0 Å². The van der Waals surface area contributed by atoms with Gasteiger partial charge in [-0.15, -0.1) is 0 Å². The van der Waals surface area contributed by atoms with Crippen molar-refractivity contribution < 1.29 is 13.2 Å². The van der Waals surface area contributed by atoms with Gasteiger partial charge < -0.3 is 0 Å². The summed E-state index contributed by atoms with van der Waals surface area (Å²) in [5.41, 5.74) is 1.71. The zero-order valence-corrected chi connectivity index (χ0v) is 9.46. The van der Waals surface area contributed by atoms with Crippen LogP contribution in [0.15, 0.2) is 12.1 Å². The molecule has 0 nitrogen and oxygen atoms in total. The molecule has 0 aliphatic rings. The Balaban J connectivity index is 3.28. The molecular weight excluding hydrogens is 257 g/mol. The monoisotopic (exact) mass is 266 g/mol. The highest BCUT2D eigenvalue weighted by Gasteiger charge is 2.31. The Labute approximate surface area is 89.3 Å². The number of rotatable bonds is 1.